The Labute approximate surface area is 315 Å². The number of rotatable bonds is 23. The van der Waals surface area contributed by atoms with Crippen LogP contribution in [0.1, 0.15) is 41.5 Å². The Hall–Kier alpha value is -3.58. The highest BCUT2D eigenvalue weighted by Gasteiger charge is 2.08. The van der Waals surface area contributed by atoms with Crippen molar-refractivity contribution in [1.29, 1.82) is 5.53 Å². The van der Waals surface area contributed by atoms with E-state index in [0.29, 0.717) is 37.7 Å². The molecule has 0 atom stereocenters. The lowest BCUT2D eigenvalue weighted by molar-refractivity contribution is 0.280. The lowest BCUT2D eigenvalue weighted by Crippen LogP contribution is -2.15. The zero-order chi connectivity index (χ0) is 36.3. The summed E-state index contributed by atoms with van der Waals surface area (Å²) in [6.07, 6.45) is 6.49. The Morgan fingerprint density at radius 1 is 0.780 bits per heavy atom. The average molecular weight is 813 g/mol. The van der Waals surface area contributed by atoms with E-state index >= 15 is 0 Å². The third kappa shape index (κ3) is 15.1. The van der Waals surface area contributed by atoms with Gasteiger partial charge >= 0.3 is 0 Å². The molecule has 0 fully saturated rings. The van der Waals surface area contributed by atoms with Gasteiger partial charge in [-0.25, -0.2) is 5.53 Å². The molecular formula is C38H52Br2N8O2. The standard InChI is InChI=1S/C38H52Br2N8O2/c1-29(44-45-48(6)22-18-31-14-16-37(35(40)26-31)49-23-8-7-20-46(2)3)32-11-9-12-33(27-32)36(43-41)28-42-19-17-30-13-15-38(34(39)25-30)50-24-10-21-47(4)5/h9,11-16,25-28,41-42H,1,7-8,10,17-24H2,2-6H3/b36-28-,43-41?,45-44-. The fraction of sp³-hybridized carbons (Fsp3) is 0.421. The quantitative estimate of drug-likeness (QED) is 0.0564. The van der Waals surface area contributed by atoms with Crippen LogP contribution in [-0.4, -0.2) is 89.4 Å². The van der Waals surface area contributed by atoms with Gasteiger partial charge in [0, 0.05) is 44.0 Å². The van der Waals surface area contributed by atoms with Crippen LogP contribution in [0.3, 0.4) is 0 Å². The second-order valence-corrected chi connectivity index (χ2v) is 14.3. The largest absolute Gasteiger partial charge is 0.492 e. The van der Waals surface area contributed by atoms with Crippen LogP contribution >= 0.6 is 31.9 Å². The lowest BCUT2D eigenvalue weighted by Gasteiger charge is -2.13. The van der Waals surface area contributed by atoms with Gasteiger partial charge in [-0.2, -0.15) is 5.11 Å². The Morgan fingerprint density at radius 2 is 1.38 bits per heavy atom. The van der Waals surface area contributed by atoms with Gasteiger partial charge in [0.25, 0.3) is 0 Å². The van der Waals surface area contributed by atoms with E-state index in [1.54, 1.807) is 11.2 Å². The molecule has 0 bridgehead atoms. The van der Waals surface area contributed by atoms with Crippen LogP contribution in [0, 0.1) is 5.53 Å². The molecule has 2 N–H and O–H groups in total. The van der Waals surface area contributed by atoms with Crippen molar-refractivity contribution in [1.82, 2.24) is 20.1 Å². The molecule has 3 aromatic rings. The summed E-state index contributed by atoms with van der Waals surface area (Å²) in [6.45, 7) is 8.95. The molecular weight excluding hydrogens is 760 g/mol. The van der Waals surface area contributed by atoms with Crippen molar-refractivity contribution in [2.45, 2.75) is 32.1 Å². The van der Waals surface area contributed by atoms with Crippen LogP contribution in [0.2, 0.25) is 0 Å². The summed E-state index contributed by atoms with van der Waals surface area (Å²) in [5.41, 5.74) is 12.8. The number of ether oxygens (including phenoxy) is 2. The Morgan fingerprint density at radius 3 is 2.00 bits per heavy atom. The van der Waals surface area contributed by atoms with Crippen LogP contribution in [0.15, 0.2) is 97.8 Å². The molecule has 0 saturated carbocycles. The number of likely N-dealkylation sites (N-methyl/N-ethyl adjacent to an activating group) is 1. The van der Waals surface area contributed by atoms with Crippen LogP contribution < -0.4 is 14.8 Å². The minimum atomic E-state index is 0.517. The van der Waals surface area contributed by atoms with Gasteiger partial charge in [-0.15, -0.1) is 5.11 Å². The van der Waals surface area contributed by atoms with Crippen LogP contribution in [0.5, 0.6) is 11.5 Å². The highest BCUT2D eigenvalue weighted by atomic mass is 79.9. The van der Waals surface area contributed by atoms with Crippen molar-refractivity contribution >= 4 is 43.3 Å². The SMILES string of the molecule is C=C(/N=N\N(C)CCc1ccc(OCCCCN(C)C)c(Br)c1)c1cccc(/C(=C/NCCc2ccc(OCCCN(C)C)c(Br)c2)N=N)c1. The number of hydrogen-bond acceptors (Lipinski definition) is 9. The first kappa shape index (κ1) is 40.8. The summed E-state index contributed by atoms with van der Waals surface area (Å²) in [5, 5.41) is 17.6. The molecule has 12 heteroatoms. The first-order valence-electron chi connectivity index (χ1n) is 16.9. The Bertz CT molecular complexity index is 1580. The van der Waals surface area contributed by atoms with Gasteiger partial charge in [0.15, 0.2) is 0 Å². The molecule has 0 heterocycles. The number of nitrogens with one attached hydrogen (secondary N) is 2. The maximum Gasteiger partial charge on any atom is 0.133 e. The minimum absolute atomic E-state index is 0.517. The van der Waals surface area contributed by atoms with E-state index in [2.05, 4.69) is 121 Å². The number of unbranched alkanes of at least 4 members (excludes halogenated alkanes) is 1. The topological polar surface area (TPSA) is 101 Å². The first-order valence-corrected chi connectivity index (χ1v) is 18.5. The van der Waals surface area contributed by atoms with Gasteiger partial charge in [-0.05, 0) is 140 Å². The monoisotopic (exact) mass is 810 g/mol. The molecule has 270 valence electrons. The van der Waals surface area contributed by atoms with Gasteiger partial charge in [0.2, 0.25) is 0 Å². The van der Waals surface area contributed by atoms with Crippen molar-refractivity contribution in [3.8, 4) is 11.5 Å². The molecule has 0 unspecified atom stereocenters. The molecule has 0 aromatic heterocycles. The number of benzene rings is 3. The minimum Gasteiger partial charge on any atom is -0.492 e. The molecule has 3 rings (SSSR count). The molecule has 0 amide bonds. The van der Waals surface area contributed by atoms with E-state index < -0.39 is 0 Å². The number of hydrogen-bond donors (Lipinski definition) is 2. The summed E-state index contributed by atoms with van der Waals surface area (Å²) < 4.78 is 13.8. The van der Waals surface area contributed by atoms with Crippen molar-refractivity contribution in [3.05, 3.63) is 105 Å². The van der Waals surface area contributed by atoms with Crippen molar-refractivity contribution < 1.29 is 9.47 Å². The van der Waals surface area contributed by atoms with E-state index in [-0.39, 0.29) is 0 Å². The number of halogens is 2. The molecule has 0 aliphatic heterocycles. The van der Waals surface area contributed by atoms with Gasteiger partial charge < -0.3 is 24.6 Å². The van der Waals surface area contributed by atoms with Gasteiger partial charge in [0.05, 0.1) is 27.9 Å². The van der Waals surface area contributed by atoms with Crippen LogP contribution in [0.25, 0.3) is 11.4 Å². The predicted molar refractivity (Wildman–Crippen MR) is 212 cm³/mol. The first-order chi connectivity index (χ1) is 24.0. The zero-order valence-electron chi connectivity index (χ0n) is 30.1. The van der Waals surface area contributed by atoms with Gasteiger partial charge in [0.1, 0.15) is 17.2 Å². The molecule has 10 nitrogen and oxygen atoms in total. The second-order valence-electron chi connectivity index (χ2n) is 12.6. The fourth-order valence-electron chi connectivity index (χ4n) is 4.86. The summed E-state index contributed by atoms with van der Waals surface area (Å²) in [7, 11) is 10.2. The molecule has 0 saturated heterocycles. The van der Waals surface area contributed by atoms with Gasteiger partial charge in [-0.1, -0.05) is 42.1 Å². The summed E-state index contributed by atoms with van der Waals surface area (Å²) >= 11 is 7.29. The summed E-state index contributed by atoms with van der Waals surface area (Å²) in [6, 6.07) is 20.1. The summed E-state index contributed by atoms with van der Waals surface area (Å²) in [5.74, 6) is 1.72. The van der Waals surface area contributed by atoms with Crippen molar-refractivity contribution in [2.24, 2.45) is 15.5 Å². The Kier molecular flexibility index (Phi) is 18.2. The van der Waals surface area contributed by atoms with Gasteiger partial charge in [-0.3, -0.25) is 5.01 Å². The predicted octanol–water partition coefficient (Wildman–Crippen LogP) is 8.94. The second kappa shape index (κ2) is 22.3. The highest BCUT2D eigenvalue weighted by Crippen LogP contribution is 2.28. The van der Waals surface area contributed by atoms with Crippen molar-refractivity contribution in [2.75, 3.05) is 74.6 Å². The molecule has 0 radical (unpaired) electrons. The van der Waals surface area contributed by atoms with E-state index in [4.69, 9.17) is 15.0 Å². The van der Waals surface area contributed by atoms with E-state index in [1.165, 1.54) is 11.1 Å². The van der Waals surface area contributed by atoms with E-state index in [1.807, 2.05) is 43.4 Å². The third-order valence-electron chi connectivity index (χ3n) is 7.71. The normalized spacial score (nSPS) is 11.7. The molecule has 0 spiro atoms. The smallest absolute Gasteiger partial charge is 0.133 e. The lowest BCUT2D eigenvalue weighted by atomic mass is 10.1. The molecule has 50 heavy (non-hydrogen) atoms. The molecule has 3 aromatic carbocycles. The molecule has 0 aliphatic rings. The van der Waals surface area contributed by atoms with E-state index in [0.717, 1.165) is 76.8 Å². The number of nitrogens with zero attached hydrogens (tertiary/aromatic N) is 6. The average Bonchev–Trinajstić information content (AvgIpc) is 3.09. The Balaban J connectivity index is 1.46. The van der Waals surface area contributed by atoms with E-state index in [9.17, 15) is 0 Å². The third-order valence-corrected chi connectivity index (χ3v) is 8.95. The molecule has 0 aliphatic carbocycles. The van der Waals surface area contributed by atoms with Crippen molar-refractivity contribution in [3.63, 3.8) is 0 Å². The maximum atomic E-state index is 7.77. The van der Waals surface area contributed by atoms with Crippen LogP contribution in [-0.2, 0) is 12.8 Å². The fourth-order valence-corrected chi connectivity index (χ4v) is 5.94. The highest BCUT2D eigenvalue weighted by molar-refractivity contribution is 9.10. The summed E-state index contributed by atoms with van der Waals surface area (Å²) in [4.78, 5) is 4.34. The van der Waals surface area contributed by atoms with Crippen LogP contribution in [0.4, 0.5) is 0 Å². The maximum absolute atomic E-state index is 7.77. The zero-order valence-corrected chi connectivity index (χ0v) is 33.3.